The minimum absolute atomic E-state index is 0.728. The molecule has 112 valence electrons. The molecule has 1 aliphatic heterocycles. The van der Waals surface area contributed by atoms with Gasteiger partial charge in [0, 0.05) is 19.6 Å². The van der Waals surface area contributed by atoms with Crippen LogP contribution in [0.3, 0.4) is 0 Å². The van der Waals surface area contributed by atoms with E-state index in [-0.39, 0.29) is 0 Å². The molecular weight excluding hydrogens is 250 g/mol. The smallest absolute Gasteiger partial charge is 0.122 e. The minimum Gasteiger partial charge on any atom is -0.493 e. The van der Waals surface area contributed by atoms with Crippen LogP contribution in [0.5, 0.6) is 5.75 Å². The van der Waals surface area contributed by atoms with Gasteiger partial charge in [-0.25, -0.2) is 0 Å². The lowest BCUT2D eigenvalue weighted by Gasteiger charge is -2.08. The number of rotatable bonds is 9. The fraction of sp³-hybridized carbons (Fsp3) is 0.647. The van der Waals surface area contributed by atoms with E-state index >= 15 is 0 Å². The normalized spacial score (nSPS) is 13.6. The van der Waals surface area contributed by atoms with Gasteiger partial charge in [0.2, 0.25) is 0 Å². The molecule has 1 heterocycles. The monoisotopic (exact) mass is 277 g/mol. The summed E-state index contributed by atoms with van der Waals surface area (Å²) < 4.78 is 11.1. The summed E-state index contributed by atoms with van der Waals surface area (Å²) in [7, 11) is 0. The summed E-state index contributed by atoms with van der Waals surface area (Å²) in [4.78, 5) is 0. The molecule has 3 nitrogen and oxygen atoms in total. The van der Waals surface area contributed by atoms with Crippen molar-refractivity contribution in [1.82, 2.24) is 5.32 Å². The lowest BCUT2D eigenvalue weighted by Crippen LogP contribution is -2.22. The molecule has 0 aliphatic carbocycles. The standard InChI is InChI=1S/C17H27NO2/c1-14(2)6-10-19-12-9-18-8-5-15-3-4-17-16(13-15)7-11-20-17/h3-4,13-14,18H,5-12H2,1-2H3. The molecule has 0 saturated heterocycles. The molecule has 3 heteroatoms. The maximum absolute atomic E-state index is 5.58. The number of ether oxygens (including phenoxy) is 2. The van der Waals surface area contributed by atoms with E-state index in [9.17, 15) is 0 Å². The van der Waals surface area contributed by atoms with E-state index in [4.69, 9.17) is 9.47 Å². The number of hydrogen-bond acceptors (Lipinski definition) is 3. The molecular formula is C17H27NO2. The summed E-state index contributed by atoms with van der Waals surface area (Å²) >= 11 is 0. The van der Waals surface area contributed by atoms with E-state index in [2.05, 4.69) is 37.4 Å². The third-order valence-corrected chi connectivity index (χ3v) is 3.61. The number of benzene rings is 1. The molecule has 1 aromatic carbocycles. The molecule has 0 aromatic heterocycles. The molecule has 1 aliphatic rings. The second-order valence-corrected chi connectivity index (χ2v) is 5.84. The summed E-state index contributed by atoms with van der Waals surface area (Å²) in [6.45, 7) is 8.92. The largest absolute Gasteiger partial charge is 0.493 e. The molecule has 0 radical (unpaired) electrons. The topological polar surface area (TPSA) is 30.5 Å². The quantitative estimate of drug-likeness (QED) is 0.704. The summed E-state index contributed by atoms with van der Waals surface area (Å²) in [6.07, 6.45) is 3.27. The zero-order valence-electron chi connectivity index (χ0n) is 12.8. The second kappa shape index (κ2) is 8.28. The zero-order valence-corrected chi connectivity index (χ0v) is 12.8. The minimum atomic E-state index is 0.728. The third-order valence-electron chi connectivity index (χ3n) is 3.61. The van der Waals surface area contributed by atoms with Crippen LogP contribution in [0.15, 0.2) is 18.2 Å². The molecule has 0 bridgehead atoms. The van der Waals surface area contributed by atoms with Crippen LogP contribution in [-0.2, 0) is 17.6 Å². The van der Waals surface area contributed by atoms with Gasteiger partial charge >= 0.3 is 0 Å². The average molecular weight is 277 g/mol. The molecule has 0 unspecified atom stereocenters. The lowest BCUT2D eigenvalue weighted by molar-refractivity contribution is 0.125. The highest BCUT2D eigenvalue weighted by molar-refractivity contribution is 5.39. The Bertz CT molecular complexity index is 404. The van der Waals surface area contributed by atoms with Crippen LogP contribution in [0.4, 0.5) is 0 Å². The summed E-state index contributed by atoms with van der Waals surface area (Å²) in [5.74, 6) is 1.80. The van der Waals surface area contributed by atoms with E-state index in [1.807, 2.05) is 0 Å². The average Bonchev–Trinajstić information content (AvgIpc) is 2.89. The Kier molecular flexibility index (Phi) is 6.34. The first-order valence-corrected chi connectivity index (χ1v) is 7.79. The highest BCUT2D eigenvalue weighted by atomic mass is 16.5. The van der Waals surface area contributed by atoms with Gasteiger partial charge in [-0.2, -0.15) is 0 Å². The van der Waals surface area contributed by atoms with Crippen LogP contribution >= 0.6 is 0 Å². The first-order valence-electron chi connectivity index (χ1n) is 7.79. The summed E-state index contributed by atoms with van der Waals surface area (Å²) in [6, 6.07) is 6.56. The molecule has 1 N–H and O–H groups in total. The SMILES string of the molecule is CC(C)CCOCCNCCc1ccc2c(c1)CCO2. The Balaban J connectivity index is 1.53. The van der Waals surface area contributed by atoms with Gasteiger partial charge < -0.3 is 14.8 Å². The highest BCUT2D eigenvalue weighted by Gasteiger charge is 2.11. The second-order valence-electron chi connectivity index (χ2n) is 5.84. The number of nitrogens with one attached hydrogen (secondary N) is 1. The van der Waals surface area contributed by atoms with Crippen molar-refractivity contribution < 1.29 is 9.47 Å². The Hall–Kier alpha value is -1.06. The van der Waals surface area contributed by atoms with Crippen molar-refractivity contribution in [2.45, 2.75) is 33.1 Å². The summed E-state index contributed by atoms with van der Waals surface area (Å²) in [5.41, 5.74) is 2.75. The Morgan fingerprint density at radius 2 is 2.15 bits per heavy atom. The lowest BCUT2D eigenvalue weighted by atomic mass is 10.1. The first-order chi connectivity index (χ1) is 9.75. The van der Waals surface area contributed by atoms with Gasteiger partial charge in [-0.05, 0) is 42.5 Å². The van der Waals surface area contributed by atoms with Crippen molar-refractivity contribution in [2.24, 2.45) is 5.92 Å². The van der Waals surface area contributed by atoms with Crippen LogP contribution in [0.2, 0.25) is 0 Å². The van der Waals surface area contributed by atoms with E-state index in [1.165, 1.54) is 11.1 Å². The highest BCUT2D eigenvalue weighted by Crippen LogP contribution is 2.25. The van der Waals surface area contributed by atoms with Crippen molar-refractivity contribution in [2.75, 3.05) is 32.9 Å². The van der Waals surface area contributed by atoms with Crippen LogP contribution in [0.25, 0.3) is 0 Å². The van der Waals surface area contributed by atoms with Gasteiger partial charge in [0.05, 0.1) is 13.2 Å². The number of fused-ring (bicyclic) bond motifs is 1. The Morgan fingerprint density at radius 3 is 3.00 bits per heavy atom. The van der Waals surface area contributed by atoms with Crippen molar-refractivity contribution in [1.29, 1.82) is 0 Å². The summed E-state index contributed by atoms with van der Waals surface area (Å²) in [5, 5.41) is 3.43. The molecule has 0 saturated carbocycles. The fourth-order valence-corrected chi connectivity index (χ4v) is 2.32. The van der Waals surface area contributed by atoms with E-state index in [0.717, 1.165) is 63.8 Å². The fourth-order valence-electron chi connectivity index (χ4n) is 2.32. The zero-order chi connectivity index (χ0) is 14.2. The maximum Gasteiger partial charge on any atom is 0.122 e. The third kappa shape index (κ3) is 5.14. The number of hydrogen-bond donors (Lipinski definition) is 1. The van der Waals surface area contributed by atoms with Crippen LogP contribution < -0.4 is 10.1 Å². The van der Waals surface area contributed by atoms with Gasteiger partial charge in [0.1, 0.15) is 5.75 Å². The molecule has 0 atom stereocenters. The molecule has 20 heavy (non-hydrogen) atoms. The van der Waals surface area contributed by atoms with E-state index in [1.54, 1.807) is 0 Å². The van der Waals surface area contributed by atoms with Crippen molar-refractivity contribution in [3.8, 4) is 5.75 Å². The Labute approximate surface area is 122 Å². The van der Waals surface area contributed by atoms with Crippen LogP contribution in [0.1, 0.15) is 31.4 Å². The van der Waals surface area contributed by atoms with E-state index in [0.29, 0.717) is 0 Å². The van der Waals surface area contributed by atoms with E-state index < -0.39 is 0 Å². The van der Waals surface area contributed by atoms with Crippen LogP contribution in [-0.4, -0.2) is 32.9 Å². The first kappa shape index (κ1) is 15.3. The molecule has 0 spiro atoms. The Morgan fingerprint density at radius 1 is 1.25 bits per heavy atom. The maximum atomic E-state index is 5.58. The molecule has 0 fully saturated rings. The predicted octanol–water partition coefficient (Wildman–Crippen LogP) is 2.82. The van der Waals surface area contributed by atoms with Crippen molar-refractivity contribution >= 4 is 0 Å². The molecule has 2 rings (SSSR count). The predicted molar refractivity (Wildman–Crippen MR) is 82.5 cm³/mol. The van der Waals surface area contributed by atoms with Crippen molar-refractivity contribution in [3.63, 3.8) is 0 Å². The van der Waals surface area contributed by atoms with Gasteiger partial charge in [0.15, 0.2) is 0 Å². The van der Waals surface area contributed by atoms with Gasteiger partial charge in [-0.1, -0.05) is 26.0 Å². The molecule has 0 amide bonds. The van der Waals surface area contributed by atoms with Gasteiger partial charge in [0.25, 0.3) is 0 Å². The van der Waals surface area contributed by atoms with Crippen LogP contribution in [0, 0.1) is 5.92 Å². The van der Waals surface area contributed by atoms with Crippen molar-refractivity contribution in [3.05, 3.63) is 29.3 Å². The van der Waals surface area contributed by atoms with Gasteiger partial charge in [-0.3, -0.25) is 0 Å². The molecule has 1 aromatic rings. The van der Waals surface area contributed by atoms with Gasteiger partial charge in [-0.15, -0.1) is 0 Å².